The highest BCUT2D eigenvalue weighted by molar-refractivity contribution is 6.31. The molecule has 0 aliphatic heterocycles. The molecule has 1 N–H and O–H groups in total. The zero-order valence-corrected chi connectivity index (χ0v) is 7.94. The van der Waals surface area contributed by atoms with Gasteiger partial charge in [0, 0.05) is 10.4 Å². The van der Waals surface area contributed by atoms with Crippen molar-refractivity contribution in [1.82, 2.24) is 4.98 Å². The van der Waals surface area contributed by atoms with Crippen molar-refractivity contribution in [2.45, 2.75) is 0 Å². The summed E-state index contributed by atoms with van der Waals surface area (Å²) >= 11 is 5.83. The van der Waals surface area contributed by atoms with Crippen LogP contribution in [0.3, 0.4) is 0 Å². The van der Waals surface area contributed by atoms with Gasteiger partial charge in [-0.05, 0) is 24.3 Å². The van der Waals surface area contributed by atoms with Gasteiger partial charge in [0.05, 0.1) is 17.4 Å². The van der Waals surface area contributed by atoms with Crippen LogP contribution in [0.5, 0.6) is 0 Å². The molecule has 70 valence electrons. The molecule has 0 fully saturated rings. The van der Waals surface area contributed by atoms with Gasteiger partial charge in [0.15, 0.2) is 0 Å². The highest BCUT2D eigenvalue weighted by Crippen LogP contribution is 2.17. The van der Waals surface area contributed by atoms with Gasteiger partial charge in [-0.2, -0.15) is 0 Å². The summed E-state index contributed by atoms with van der Waals surface area (Å²) in [5.41, 5.74) is 1.44. The first-order valence-electron chi connectivity index (χ1n) is 4.03. The van der Waals surface area contributed by atoms with E-state index >= 15 is 0 Å². The summed E-state index contributed by atoms with van der Waals surface area (Å²) in [4.78, 5) is 4.24. The minimum atomic E-state index is 0.613. The second-order valence-corrected chi connectivity index (χ2v) is 3.25. The van der Waals surface area contributed by atoms with Gasteiger partial charge in [-0.25, -0.2) is 4.98 Å². The van der Waals surface area contributed by atoms with Gasteiger partial charge in [0.2, 0.25) is 0 Å². The Morgan fingerprint density at radius 2 is 2.14 bits per heavy atom. The van der Waals surface area contributed by atoms with Crippen LogP contribution in [-0.4, -0.2) is 16.4 Å². The third kappa shape index (κ3) is 1.67. The van der Waals surface area contributed by atoms with Gasteiger partial charge in [0.1, 0.15) is 0 Å². The Hall–Kier alpha value is -1.61. The summed E-state index contributed by atoms with van der Waals surface area (Å²) in [6.45, 7) is 0. The van der Waals surface area contributed by atoms with Crippen LogP contribution in [0.2, 0.25) is 5.02 Å². The number of hydrogen-bond donors (Lipinski definition) is 1. The Labute approximate surface area is 85.6 Å². The SMILES string of the molecule is O/N=C/c1ccc2cc(Cl)ccc2n1. The molecule has 0 aliphatic carbocycles. The Morgan fingerprint density at radius 3 is 2.93 bits per heavy atom. The molecule has 0 radical (unpaired) electrons. The quantitative estimate of drug-likeness (QED) is 0.443. The van der Waals surface area contributed by atoms with Gasteiger partial charge in [-0.15, -0.1) is 0 Å². The summed E-state index contributed by atoms with van der Waals surface area (Å²) in [6.07, 6.45) is 1.29. The van der Waals surface area contributed by atoms with Crippen molar-refractivity contribution in [2.75, 3.05) is 0 Å². The lowest BCUT2D eigenvalue weighted by Gasteiger charge is -1.98. The topological polar surface area (TPSA) is 45.5 Å². The molecule has 0 saturated carbocycles. The predicted molar refractivity (Wildman–Crippen MR) is 56.1 cm³/mol. The highest BCUT2D eigenvalue weighted by atomic mass is 35.5. The molecule has 0 atom stereocenters. The van der Waals surface area contributed by atoms with Crippen LogP contribution in [0.4, 0.5) is 0 Å². The molecular formula is C10H7ClN2O. The fraction of sp³-hybridized carbons (Fsp3) is 0. The largest absolute Gasteiger partial charge is 0.411 e. The molecule has 0 bridgehead atoms. The molecule has 1 heterocycles. The standard InChI is InChI=1S/C10H7ClN2O/c11-8-2-4-10-7(5-8)1-3-9(13-10)6-12-14/h1-6,14H/b12-6+. The third-order valence-electron chi connectivity index (χ3n) is 1.86. The average Bonchev–Trinajstić information content (AvgIpc) is 2.19. The number of rotatable bonds is 1. The fourth-order valence-electron chi connectivity index (χ4n) is 1.24. The molecule has 4 heteroatoms. The summed E-state index contributed by atoms with van der Waals surface area (Å²) in [5.74, 6) is 0. The monoisotopic (exact) mass is 206 g/mol. The minimum Gasteiger partial charge on any atom is -0.411 e. The third-order valence-corrected chi connectivity index (χ3v) is 2.10. The first-order chi connectivity index (χ1) is 6.79. The van der Waals surface area contributed by atoms with E-state index < -0.39 is 0 Å². The maximum absolute atomic E-state index is 8.34. The van der Waals surface area contributed by atoms with Crippen LogP contribution < -0.4 is 0 Å². The summed E-state index contributed by atoms with van der Waals surface area (Å²) in [6, 6.07) is 9.08. The lowest BCUT2D eigenvalue weighted by Crippen LogP contribution is -1.87. The second kappa shape index (κ2) is 3.64. The Kier molecular flexibility index (Phi) is 2.33. The maximum Gasteiger partial charge on any atom is 0.0918 e. The number of aromatic nitrogens is 1. The van der Waals surface area contributed by atoms with E-state index in [0.717, 1.165) is 10.9 Å². The molecule has 2 aromatic rings. The number of pyridine rings is 1. The Morgan fingerprint density at radius 1 is 1.29 bits per heavy atom. The van der Waals surface area contributed by atoms with Gasteiger partial charge in [0.25, 0.3) is 0 Å². The molecule has 0 spiro atoms. The number of benzene rings is 1. The van der Waals surface area contributed by atoms with Crippen LogP contribution in [0, 0.1) is 0 Å². The normalized spacial score (nSPS) is 11.2. The molecule has 3 nitrogen and oxygen atoms in total. The van der Waals surface area contributed by atoms with Crippen LogP contribution in [0.1, 0.15) is 5.69 Å². The lowest BCUT2D eigenvalue weighted by atomic mass is 10.2. The second-order valence-electron chi connectivity index (χ2n) is 2.82. The van der Waals surface area contributed by atoms with Crippen molar-refractivity contribution >= 4 is 28.7 Å². The summed E-state index contributed by atoms with van der Waals surface area (Å²) < 4.78 is 0. The molecule has 1 aromatic carbocycles. The summed E-state index contributed by atoms with van der Waals surface area (Å²) in [5, 5.41) is 12.9. The number of hydrogen-bond acceptors (Lipinski definition) is 3. The number of oxime groups is 1. The number of halogens is 1. The molecule has 2 rings (SSSR count). The van der Waals surface area contributed by atoms with Gasteiger partial charge in [-0.1, -0.05) is 22.8 Å². The lowest BCUT2D eigenvalue weighted by molar-refractivity contribution is 0.321. The van der Waals surface area contributed by atoms with E-state index in [1.807, 2.05) is 18.2 Å². The zero-order chi connectivity index (χ0) is 9.97. The van der Waals surface area contributed by atoms with E-state index in [9.17, 15) is 0 Å². The highest BCUT2D eigenvalue weighted by Gasteiger charge is 1.97. The zero-order valence-electron chi connectivity index (χ0n) is 7.18. The van der Waals surface area contributed by atoms with Crippen LogP contribution in [0.15, 0.2) is 35.5 Å². The van der Waals surface area contributed by atoms with E-state index in [4.69, 9.17) is 16.8 Å². The molecular weight excluding hydrogens is 200 g/mol. The summed E-state index contributed by atoms with van der Waals surface area (Å²) in [7, 11) is 0. The smallest absolute Gasteiger partial charge is 0.0918 e. The minimum absolute atomic E-state index is 0.613. The molecule has 0 unspecified atom stereocenters. The van der Waals surface area contributed by atoms with Crippen molar-refractivity contribution in [1.29, 1.82) is 0 Å². The van der Waals surface area contributed by atoms with Gasteiger partial charge in [-0.3, -0.25) is 0 Å². The van der Waals surface area contributed by atoms with E-state index in [1.54, 1.807) is 12.1 Å². The first kappa shape index (κ1) is 8.97. The van der Waals surface area contributed by atoms with E-state index in [0.29, 0.717) is 10.7 Å². The van der Waals surface area contributed by atoms with Crippen LogP contribution in [0.25, 0.3) is 10.9 Å². The van der Waals surface area contributed by atoms with Crippen molar-refractivity contribution in [2.24, 2.45) is 5.16 Å². The van der Waals surface area contributed by atoms with Crippen molar-refractivity contribution < 1.29 is 5.21 Å². The van der Waals surface area contributed by atoms with Crippen molar-refractivity contribution in [3.05, 3.63) is 41.0 Å². The fourth-order valence-corrected chi connectivity index (χ4v) is 1.42. The van der Waals surface area contributed by atoms with E-state index in [2.05, 4.69) is 10.1 Å². The van der Waals surface area contributed by atoms with Crippen molar-refractivity contribution in [3.8, 4) is 0 Å². The first-order valence-corrected chi connectivity index (χ1v) is 4.41. The Bertz CT molecular complexity index is 496. The van der Waals surface area contributed by atoms with E-state index in [-0.39, 0.29) is 0 Å². The van der Waals surface area contributed by atoms with Crippen molar-refractivity contribution in [3.63, 3.8) is 0 Å². The molecule has 1 aromatic heterocycles. The average molecular weight is 207 g/mol. The molecule has 0 saturated heterocycles. The predicted octanol–water partition coefficient (Wildman–Crippen LogP) is 2.70. The van der Waals surface area contributed by atoms with Crippen LogP contribution >= 0.6 is 11.6 Å². The maximum atomic E-state index is 8.34. The molecule has 14 heavy (non-hydrogen) atoms. The Balaban J connectivity index is 2.61. The van der Waals surface area contributed by atoms with Gasteiger partial charge < -0.3 is 5.21 Å². The molecule has 0 aliphatic rings. The van der Waals surface area contributed by atoms with Crippen LogP contribution in [-0.2, 0) is 0 Å². The number of nitrogens with zero attached hydrogens (tertiary/aromatic N) is 2. The molecule has 0 amide bonds. The van der Waals surface area contributed by atoms with Gasteiger partial charge >= 0.3 is 0 Å². The number of fused-ring (bicyclic) bond motifs is 1. The van der Waals surface area contributed by atoms with E-state index in [1.165, 1.54) is 6.21 Å².